The number of methoxy groups -OCH3 is 1. The zero-order chi connectivity index (χ0) is 33.5. The molecule has 1 N–H and O–H groups in total. The van der Waals surface area contributed by atoms with E-state index in [2.05, 4.69) is 11.4 Å². The topological polar surface area (TPSA) is 123 Å². The van der Waals surface area contributed by atoms with Gasteiger partial charge >= 0.3 is 12.0 Å². The average Bonchev–Trinajstić information content (AvgIpc) is 3.48. The predicted octanol–water partition coefficient (Wildman–Crippen LogP) is 5.19. The number of fused-ring (bicyclic) bond motifs is 2. The Labute approximate surface area is 274 Å². The van der Waals surface area contributed by atoms with E-state index in [0.717, 1.165) is 24.8 Å². The number of carbonyl (C=O) groups is 3. The van der Waals surface area contributed by atoms with Crippen molar-refractivity contribution in [1.82, 2.24) is 25.1 Å². The summed E-state index contributed by atoms with van der Waals surface area (Å²) in [7, 11) is 3.29. The minimum Gasteiger partial charge on any atom is -0.496 e. The third-order valence-electron chi connectivity index (χ3n) is 8.55. The molecule has 12 heteroatoms. The molecule has 47 heavy (non-hydrogen) atoms. The number of benzene rings is 2. The van der Waals surface area contributed by atoms with Crippen molar-refractivity contribution in [3.8, 4) is 23.0 Å². The molecule has 2 aliphatic heterocycles. The van der Waals surface area contributed by atoms with Gasteiger partial charge in [0.25, 0.3) is 0 Å². The highest BCUT2D eigenvalue weighted by Crippen LogP contribution is 2.35. The number of allylic oxidation sites excluding steroid dienone is 2. The number of rotatable bonds is 6. The number of aryl methyl sites for hydroxylation is 1. The lowest BCUT2D eigenvalue weighted by molar-refractivity contribution is -0.148. The molecule has 1 aromatic heterocycles. The van der Waals surface area contributed by atoms with Crippen molar-refractivity contribution < 1.29 is 33.0 Å². The number of urea groups is 1. The van der Waals surface area contributed by atoms with Crippen LogP contribution >= 0.6 is 0 Å². The van der Waals surface area contributed by atoms with Gasteiger partial charge in [0.05, 0.1) is 31.2 Å². The van der Waals surface area contributed by atoms with Gasteiger partial charge in [0.15, 0.2) is 5.82 Å². The first-order chi connectivity index (χ1) is 22.7. The van der Waals surface area contributed by atoms with Crippen molar-refractivity contribution in [2.45, 2.75) is 70.6 Å². The molecule has 5 rings (SSSR count). The van der Waals surface area contributed by atoms with Gasteiger partial charge in [-0.25, -0.2) is 19.0 Å². The Hall–Kier alpha value is -4.74. The van der Waals surface area contributed by atoms with E-state index in [0.29, 0.717) is 41.6 Å². The van der Waals surface area contributed by atoms with Crippen LogP contribution < -0.4 is 14.8 Å². The van der Waals surface area contributed by atoms with E-state index in [1.807, 2.05) is 13.0 Å². The van der Waals surface area contributed by atoms with E-state index in [1.165, 1.54) is 17.0 Å². The molecule has 3 heterocycles. The fourth-order valence-electron chi connectivity index (χ4n) is 6.04. The molecule has 0 radical (unpaired) electrons. The van der Waals surface area contributed by atoms with Crippen molar-refractivity contribution in [3.63, 3.8) is 0 Å². The van der Waals surface area contributed by atoms with Crippen LogP contribution in [0.2, 0.25) is 0 Å². The number of esters is 1. The largest absolute Gasteiger partial charge is 0.496 e. The zero-order valence-electron chi connectivity index (χ0n) is 27.3. The van der Waals surface area contributed by atoms with Crippen molar-refractivity contribution in [2.75, 3.05) is 33.9 Å². The van der Waals surface area contributed by atoms with Crippen molar-refractivity contribution in [1.29, 1.82) is 0 Å². The van der Waals surface area contributed by atoms with Gasteiger partial charge in [-0.15, -0.1) is 0 Å². The summed E-state index contributed by atoms with van der Waals surface area (Å²) >= 11 is 0. The van der Waals surface area contributed by atoms with Crippen LogP contribution in [0.5, 0.6) is 11.6 Å². The lowest BCUT2D eigenvalue weighted by Crippen LogP contribution is -2.53. The molecule has 3 aromatic rings. The van der Waals surface area contributed by atoms with Crippen LogP contribution in [0.3, 0.4) is 0 Å². The molecule has 0 bridgehead atoms. The van der Waals surface area contributed by atoms with E-state index in [4.69, 9.17) is 24.2 Å². The Kier molecular flexibility index (Phi) is 10.9. The summed E-state index contributed by atoms with van der Waals surface area (Å²) in [6.45, 7) is 4.42. The van der Waals surface area contributed by atoms with Crippen molar-refractivity contribution in [2.24, 2.45) is 0 Å². The van der Waals surface area contributed by atoms with Crippen LogP contribution in [0, 0.1) is 12.7 Å². The Morgan fingerprint density at radius 1 is 1.11 bits per heavy atom. The molecule has 0 saturated carbocycles. The maximum atomic E-state index is 14.2. The fraction of sp³-hybridized carbons (Fsp3) is 0.457. The molecule has 2 aromatic carbocycles. The molecule has 3 atom stereocenters. The summed E-state index contributed by atoms with van der Waals surface area (Å²) < 4.78 is 31.5. The molecule has 0 spiro atoms. The second-order valence-electron chi connectivity index (χ2n) is 11.9. The molecular formula is C35H42FN5O6. The number of nitrogens with zero attached hydrogens (tertiary/aromatic N) is 4. The standard InChI is InChI=1S/C35H42FN5O6/c1-5-46-34(43)27-15-10-8-6-7-9-11-18-40(3)35(44)41-21-25(20-28(41)32(42)37-27)47-33-26-16-17-29(45-4)22(2)30(26)38-31(39-33)23-13-12-14-24(36)19-23/h6,8,12-14,16-17,19,25,27-28H,5,7,9-11,15,18,20-21H2,1-4H3,(H,37,42). The van der Waals surface area contributed by atoms with Crippen LogP contribution in [0.1, 0.15) is 51.0 Å². The van der Waals surface area contributed by atoms with Gasteiger partial charge in [-0.3, -0.25) is 4.79 Å². The Balaban J connectivity index is 1.49. The van der Waals surface area contributed by atoms with Gasteiger partial charge in [0.1, 0.15) is 29.8 Å². The van der Waals surface area contributed by atoms with E-state index >= 15 is 0 Å². The number of halogens is 1. The number of hydrogen-bond acceptors (Lipinski definition) is 8. The lowest BCUT2D eigenvalue weighted by Gasteiger charge is -2.29. The maximum Gasteiger partial charge on any atom is 0.328 e. The highest BCUT2D eigenvalue weighted by atomic mass is 19.1. The zero-order valence-corrected chi connectivity index (χ0v) is 27.3. The molecular weight excluding hydrogens is 605 g/mol. The van der Waals surface area contributed by atoms with Gasteiger partial charge in [0.2, 0.25) is 11.8 Å². The predicted molar refractivity (Wildman–Crippen MR) is 175 cm³/mol. The lowest BCUT2D eigenvalue weighted by atomic mass is 10.1. The van der Waals surface area contributed by atoms with E-state index in [-0.39, 0.29) is 37.3 Å². The first-order valence-electron chi connectivity index (χ1n) is 16.1. The Morgan fingerprint density at radius 2 is 1.91 bits per heavy atom. The van der Waals surface area contributed by atoms with Gasteiger partial charge < -0.3 is 29.3 Å². The number of carbonyl (C=O) groups excluding carboxylic acids is 3. The monoisotopic (exact) mass is 647 g/mol. The summed E-state index contributed by atoms with van der Waals surface area (Å²) in [5.74, 6) is -0.273. The van der Waals surface area contributed by atoms with Crippen LogP contribution in [0.4, 0.5) is 9.18 Å². The van der Waals surface area contributed by atoms with Crippen molar-refractivity contribution in [3.05, 3.63) is 59.9 Å². The number of nitrogens with one attached hydrogen (secondary N) is 1. The van der Waals surface area contributed by atoms with Gasteiger partial charge in [0, 0.05) is 31.1 Å². The molecule has 2 aliphatic rings. The minimum absolute atomic E-state index is 0.114. The third-order valence-corrected chi connectivity index (χ3v) is 8.55. The normalized spacial score (nSPS) is 21.1. The van der Waals surface area contributed by atoms with Crippen LogP contribution in [0.15, 0.2) is 48.6 Å². The number of amides is 3. The summed E-state index contributed by atoms with van der Waals surface area (Å²) in [4.78, 5) is 52.9. The van der Waals surface area contributed by atoms with E-state index < -0.39 is 35.9 Å². The van der Waals surface area contributed by atoms with Crippen LogP contribution in [-0.2, 0) is 14.3 Å². The van der Waals surface area contributed by atoms with Crippen LogP contribution in [0.25, 0.3) is 22.3 Å². The first kappa shape index (κ1) is 33.6. The molecule has 11 nitrogen and oxygen atoms in total. The maximum absolute atomic E-state index is 14.2. The highest BCUT2D eigenvalue weighted by Gasteiger charge is 2.43. The first-order valence-corrected chi connectivity index (χ1v) is 16.1. The quantitative estimate of drug-likeness (QED) is 0.286. The molecule has 3 amide bonds. The molecule has 0 aliphatic carbocycles. The summed E-state index contributed by atoms with van der Waals surface area (Å²) in [6.07, 6.45) is 7.17. The average molecular weight is 648 g/mol. The summed E-state index contributed by atoms with van der Waals surface area (Å²) in [5, 5.41) is 3.47. The highest BCUT2D eigenvalue weighted by molar-refractivity contribution is 5.91. The van der Waals surface area contributed by atoms with Gasteiger partial charge in [-0.05, 0) is 70.2 Å². The fourth-order valence-corrected chi connectivity index (χ4v) is 6.04. The SMILES string of the molecule is CCOC(=O)C1CCC=CCCCCN(C)C(=O)N2CC(Oc3nc(-c4cccc(F)c4)nc4c(C)c(OC)ccc34)CC2C(=O)N1. The van der Waals surface area contributed by atoms with Gasteiger partial charge in [-0.1, -0.05) is 24.3 Å². The number of ether oxygens (including phenoxy) is 3. The Morgan fingerprint density at radius 3 is 2.68 bits per heavy atom. The molecule has 250 valence electrons. The Bertz CT molecular complexity index is 1650. The third kappa shape index (κ3) is 7.81. The van der Waals surface area contributed by atoms with Gasteiger partial charge in [-0.2, -0.15) is 4.98 Å². The number of hydrogen-bond donors (Lipinski definition) is 1. The second-order valence-corrected chi connectivity index (χ2v) is 11.9. The molecule has 1 fully saturated rings. The second kappa shape index (κ2) is 15.2. The van der Waals surface area contributed by atoms with E-state index in [9.17, 15) is 18.8 Å². The van der Waals surface area contributed by atoms with Crippen LogP contribution in [-0.4, -0.2) is 89.7 Å². The molecule has 1 saturated heterocycles. The number of aromatic nitrogens is 2. The van der Waals surface area contributed by atoms with E-state index in [1.54, 1.807) is 50.2 Å². The molecule has 3 unspecified atom stereocenters. The van der Waals surface area contributed by atoms with Crippen molar-refractivity contribution >= 4 is 28.8 Å². The summed E-state index contributed by atoms with van der Waals surface area (Å²) in [5.41, 5.74) is 1.79. The smallest absolute Gasteiger partial charge is 0.328 e. The summed E-state index contributed by atoms with van der Waals surface area (Å²) in [6, 6.07) is 7.52. The minimum atomic E-state index is -0.898.